The van der Waals surface area contributed by atoms with E-state index < -0.39 is 0 Å². The van der Waals surface area contributed by atoms with E-state index in [1.807, 2.05) is 18.7 Å². The smallest absolute Gasteiger partial charge is 0.231 e. The number of hydrogen-bond acceptors (Lipinski definition) is 3. The molecule has 0 aromatic rings. The molecule has 0 aromatic heterocycles. The molecule has 14 heavy (non-hydrogen) atoms. The number of thiocarbonyl (C=S) groups is 1. The molecule has 82 valence electrons. The molecule has 0 bridgehead atoms. The van der Waals surface area contributed by atoms with Gasteiger partial charge in [-0.2, -0.15) is 0 Å². The fraction of sp³-hybridized carbons (Fsp3) is 0.778. The summed E-state index contributed by atoms with van der Waals surface area (Å²) in [6.45, 7) is 5.10. The van der Waals surface area contributed by atoms with Gasteiger partial charge < -0.3 is 11.5 Å². The highest BCUT2D eigenvalue weighted by molar-refractivity contribution is 7.80. The second kappa shape index (κ2) is 6.73. The summed E-state index contributed by atoms with van der Waals surface area (Å²) in [4.78, 5) is 13.3. The number of rotatable bonds is 7. The van der Waals surface area contributed by atoms with E-state index in [9.17, 15) is 4.79 Å². The van der Waals surface area contributed by atoms with Crippen LogP contribution in [0.4, 0.5) is 0 Å². The summed E-state index contributed by atoms with van der Waals surface area (Å²) < 4.78 is 0. The topological polar surface area (TPSA) is 72.3 Å². The molecule has 0 spiro atoms. The molecule has 0 saturated carbocycles. The van der Waals surface area contributed by atoms with E-state index in [-0.39, 0.29) is 18.5 Å². The highest BCUT2D eigenvalue weighted by Crippen LogP contribution is 2.08. The third-order valence-corrected chi connectivity index (χ3v) is 2.36. The Morgan fingerprint density at radius 1 is 1.43 bits per heavy atom. The summed E-state index contributed by atoms with van der Waals surface area (Å²) in [6.07, 6.45) is 1.56. The third-order valence-electron chi connectivity index (χ3n) is 2.19. The number of nitrogens with two attached hydrogens (primary N) is 2. The van der Waals surface area contributed by atoms with Gasteiger partial charge in [-0.25, -0.2) is 0 Å². The largest absolute Gasteiger partial charge is 0.393 e. The SMILES string of the molecule is CCC(CC(N)=S)N(CC)CC(N)=O. The molecular formula is C9H19N3OS. The quantitative estimate of drug-likeness (QED) is 0.600. The molecule has 0 aliphatic heterocycles. The summed E-state index contributed by atoms with van der Waals surface area (Å²) >= 11 is 4.85. The van der Waals surface area contributed by atoms with Crippen LogP contribution >= 0.6 is 12.2 Å². The van der Waals surface area contributed by atoms with Crippen molar-refractivity contribution >= 4 is 23.1 Å². The Morgan fingerprint density at radius 3 is 2.29 bits per heavy atom. The van der Waals surface area contributed by atoms with E-state index >= 15 is 0 Å². The predicted octanol–water partition coefficient (Wildman–Crippen LogP) is 0.248. The van der Waals surface area contributed by atoms with E-state index in [1.165, 1.54) is 0 Å². The first-order valence-corrected chi connectivity index (χ1v) is 5.22. The Bertz CT molecular complexity index is 186. The molecule has 0 aliphatic rings. The first-order chi connectivity index (χ1) is 6.51. The van der Waals surface area contributed by atoms with Crippen LogP contribution in [0.25, 0.3) is 0 Å². The van der Waals surface area contributed by atoms with Crippen LogP contribution in [0.3, 0.4) is 0 Å². The van der Waals surface area contributed by atoms with Crippen LogP contribution < -0.4 is 11.5 Å². The Hall–Kier alpha value is -0.680. The molecule has 4 N–H and O–H groups in total. The Morgan fingerprint density at radius 2 is 2.00 bits per heavy atom. The maximum absolute atomic E-state index is 10.8. The first-order valence-electron chi connectivity index (χ1n) is 4.81. The van der Waals surface area contributed by atoms with Gasteiger partial charge in [-0.15, -0.1) is 0 Å². The number of carbonyl (C=O) groups excluding carboxylic acids is 1. The van der Waals surface area contributed by atoms with Gasteiger partial charge in [0, 0.05) is 12.5 Å². The van der Waals surface area contributed by atoms with Crippen LogP contribution in [-0.2, 0) is 4.79 Å². The zero-order valence-corrected chi connectivity index (χ0v) is 9.64. The van der Waals surface area contributed by atoms with Gasteiger partial charge in [0.1, 0.15) is 0 Å². The highest BCUT2D eigenvalue weighted by Gasteiger charge is 2.17. The number of carbonyl (C=O) groups is 1. The van der Waals surface area contributed by atoms with Gasteiger partial charge in [-0.05, 0) is 13.0 Å². The predicted molar refractivity (Wildman–Crippen MR) is 61.9 cm³/mol. The van der Waals surface area contributed by atoms with Gasteiger partial charge in [0.05, 0.1) is 11.5 Å². The van der Waals surface area contributed by atoms with E-state index in [1.54, 1.807) is 0 Å². The van der Waals surface area contributed by atoms with Crippen molar-refractivity contribution in [3.63, 3.8) is 0 Å². The molecule has 0 saturated heterocycles. The van der Waals surface area contributed by atoms with E-state index in [0.29, 0.717) is 11.4 Å². The zero-order chi connectivity index (χ0) is 11.1. The minimum Gasteiger partial charge on any atom is -0.393 e. The summed E-state index contributed by atoms with van der Waals surface area (Å²) in [5, 5.41) is 0. The Labute approximate surface area is 90.6 Å². The van der Waals surface area contributed by atoms with Crippen molar-refractivity contribution in [3.05, 3.63) is 0 Å². The van der Waals surface area contributed by atoms with Crippen LogP contribution in [-0.4, -0.2) is 34.9 Å². The second-order valence-corrected chi connectivity index (χ2v) is 3.79. The van der Waals surface area contributed by atoms with E-state index in [4.69, 9.17) is 23.7 Å². The summed E-state index contributed by atoms with van der Waals surface area (Å²) in [5.74, 6) is -0.312. The van der Waals surface area contributed by atoms with Crippen LogP contribution in [0, 0.1) is 0 Å². The van der Waals surface area contributed by atoms with Crippen molar-refractivity contribution in [3.8, 4) is 0 Å². The summed E-state index contributed by atoms with van der Waals surface area (Å²) in [7, 11) is 0. The number of amides is 1. The van der Waals surface area contributed by atoms with Crippen LogP contribution in [0.15, 0.2) is 0 Å². The molecule has 1 amide bonds. The zero-order valence-electron chi connectivity index (χ0n) is 8.82. The summed E-state index contributed by atoms with van der Waals surface area (Å²) in [6, 6.07) is 0.227. The van der Waals surface area contributed by atoms with Crippen LogP contribution in [0.1, 0.15) is 26.7 Å². The van der Waals surface area contributed by atoms with Gasteiger partial charge in [0.15, 0.2) is 0 Å². The van der Waals surface area contributed by atoms with Gasteiger partial charge in [0.2, 0.25) is 5.91 Å². The van der Waals surface area contributed by atoms with Crippen molar-refractivity contribution in [2.24, 2.45) is 11.5 Å². The number of primary amides is 1. The van der Waals surface area contributed by atoms with E-state index in [0.717, 1.165) is 13.0 Å². The average molecular weight is 217 g/mol. The molecule has 0 fully saturated rings. The number of hydrogen-bond donors (Lipinski definition) is 2. The summed E-state index contributed by atoms with van der Waals surface area (Å²) in [5.41, 5.74) is 10.6. The Kier molecular flexibility index (Phi) is 6.40. The molecule has 0 heterocycles. The average Bonchev–Trinajstić information content (AvgIpc) is 2.10. The molecule has 5 heteroatoms. The molecule has 4 nitrogen and oxygen atoms in total. The van der Waals surface area contributed by atoms with Gasteiger partial charge in [-0.1, -0.05) is 26.1 Å². The highest BCUT2D eigenvalue weighted by atomic mass is 32.1. The first kappa shape index (κ1) is 13.3. The lowest BCUT2D eigenvalue weighted by atomic mass is 10.1. The van der Waals surface area contributed by atoms with E-state index in [2.05, 4.69) is 0 Å². The third kappa shape index (κ3) is 5.14. The maximum Gasteiger partial charge on any atom is 0.231 e. The van der Waals surface area contributed by atoms with Crippen LogP contribution in [0.5, 0.6) is 0 Å². The number of nitrogens with zero attached hydrogens (tertiary/aromatic N) is 1. The van der Waals surface area contributed by atoms with Crippen molar-refractivity contribution in [1.82, 2.24) is 4.90 Å². The van der Waals surface area contributed by atoms with Gasteiger partial charge in [-0.3, -0.25) is 9.69 Å². The van der Waals surface area contributed by atoms with Crippen molar-refractivity contribution in [1.29, 1.82) is 0 Å². The molecule has 0 aliphatic carbocycles. The van der Waals surface area contributed by atoms with Crippen molar-refractivity contribution in [2.75, 3.05) is 13.1 Å². The molecule has 0 aromatic carbocycles. The molecule has 1 unspecified atom stereocenters. The minimum atomic E-state index is -0.312. The molecule has 0 rings (SSSR count). The molecular weight excluding hydrogens is 198 g/mol. The lowest BCUT2D eigenvalue weighted by molar-refractivity contribution is -0.119. The van der Waals surface area contributed by atoms with Gasteiger partial charge >= 0.3 is 0 Å². The Balaban J connectivity index is 4.28. The lowest BCUT2D eigenvalue weighted by Gasteiger charge is -2.28. The van der Waals surface area contributed by atoms with Crippen LogP contribution in [0.2, 0.25) is 0 Å². The standard InChI is InChI=1S/C9H19N3OS/c1-3-7(5-9(11)14)12(4-2)6-8(10)13/h7H,3-6H2,1-2H3,(H2,10,13)(H2,11,14). The minimum absolute atomic E-state index is 0.227. The maximum atomic E-state index is 10.8. The van der Waals surface area contributed by atoms with Gasteiger partial charge in [0.25, 0.3) is 0 Å². The monoisotopic (exact) mass is 217 g/mol. The van der Waals surface area contributed by atoms with Crippen molar-refractivity contribution < 1.29 is 4.79 Å². The number of likely N-dealkylation sites (N-methyl/N-ethyl adjacent to an activating group) is 1. The second-order valence-electron chi connectivity index (χ2n) is 3.26. The fourth-order valence-corrected chi connectivity index (χ4v) is 1.66. The fourth-order valence-electron chi connectivity index (χ4n) is 1.46. The molecule has 1 atom stereocenters. The molecule has 0 radical (unpaired) electrons. The van der Waals surface area contributed by atoms with Crippen molar-refractivity contribution in [2.45, 2.75) is 32.7 Å². The lowest BCUT2D eigenvalue weighted by Crippen LogP contribution is -2.42. The normalized spacial score (nSPS) is 12.8.